The molecule has 1 fully saturated rings. The molecule has 0 N–H and O–H groups in total. The lowest BCUT2D eigenvalue weighted by Gasteiger charge is -2.33. The van der Waals surface area contributed by atoms with Crippen molar-refractivity contribution in [2.45, 2.75) is 110 Å². The number of rotatable bonds is 12. The molecule has 1 aromatic heterocycles. The molecule has 1 aromatic carbocycles. The molecule has 1 aliphatic carbocycles. The van der Waals surface area contributed by atoms with Crippen LogP contribution in [0.3, 0.4) is 0 Å². The summed E-state index contributed by atoms with van der Waals surface area (Å²) in [5, 5.41) is 0. The Morgan fingerprint density at radius 3 is 2.35 bits per heavy atom. The second-order valence-electron chi connectivity index (χ2n) is 10.00. The van der Waals surface area contributed by atoms with Gasteiger partial charge in [-0.15, -0.1) is 0 Å². The smallest absolute Gasteiger partial charge is 0.0308 e. The maximum atomic E-state index is 4.57. The van der Waals surface area contributed by atoms with Crippen LogP contribution in [-0.2, 0) is 6.42 Å². The maximum absolute atomic E-state index is 4.57. The molecule has 0 bridgehead atoms. The predicted molar refractivity (Wildman–Crippen MR) is 136 cm³/mol. The lowest BCUT2D eigenvalue weighted by molar-refractivity contribution is 0.236. The number of hydrogen-bond acceptors (Lipinski definition) is 1. The lowest BCUT2D eigenvalue weighted by atomic mass is 9.72. The van der Waals surface area contributed by atoms with Gasteiger partial charge in [-0.1, -0.05) is 103 Å². The molecule has 0 aliphatic heterocycles. The average molecular weight is 420 g/mol. The van der Waals surface area contributed by atoms with E-state index in [0.717, 1.165) is 11.8 Å². The molecule has 170 valence electrons. The van der Waals surface area contributed by atoms with Crippen LogP contribution in [0, 0.1) is 11.8 Å². The molecule has 0 spiro atoms. The van der Waals surface area contributed by atoms with E-state index in [-0.39, 0.29) is 0 Å². The summed E-state index contributed by atoms with van der Waals surface area (Å²) in [5.41, 5.74) is 5.85. The summed E-state index contributed by atoms with van der Waals surface area (Å²) >= 11 is 0. The maximum Gasteiger partial charge on any atom is 0.0308 e. The minimum Gasteiger partial charge on any atom is -0.264 e. The first-order chi connectivity index (χ1) is 15.2. The summed E-state index contributed by atoms with van der Waals surface area (Å²) in [6.45, 7) is 7.07. The van der Waals surface area contributed by atoms with Crippen molar-refractivity contribution in [2.24, 2.45) is 11.8 Å². The molecule has 1 atom stereocenters. The van der Waals surface area contributed by atoms with Gasteiger partial charge in [0, 0.05) is 12.4 Å². The fourth-order valence-corrected chi connectivity index (χ4v) is 5.67. The number of benzene rings is 1. The highest BCUT2D eigenvalue weighted by Crippen LogP contribution is 2.42. The van der Waals surface area contributed by atoms with E-state index >= 15 is 0 Å². The molecule has 1 heteroatoms. The fourth-order valence-electron chi connectivity index (χ4n) is 5.67. The lowest BCUT2D eigenvalue weighted by Crippen LogP contribution is -2.19. The van der Waals surface area contributed by atoms with Crippen LogP contribution in [-0.4, -0.2) is 4.98 Å². The molecule has 1 heterocycles. The van der Waals surface area contributed by atoms with Gasteiger partial charge in [-0.3, -0.25) is 4.98 Å². The summed E-state index contributed by atoms with van der Waals surface area (Å²) in [7, 11) is 0. The zero-order valence-electron chi connectivity index (χ0n) is 20.4. The predicted octanol–water partition coefficient (Wildman–Crippen LogP) is 9.36. The topological polar surface area (TPSA) is 12.9 Å². The SMILES string of the molecule is CCCCCCc1ccccc1-c1ccncc1C(C)C1CCC(CCCCC)CC1. The third-order valence-corrected chi connectivity index (χ3v) is 7.76. The number of hydrogen-bond donors (Lipinski definition) is 0. The Morgan fingerprint density at radius 2 is 1.58 bits per heavy atom. The Hall–Kier alpha value is -1.63. The van der Waals surface area contributed by atoms with E-state index in [1.165, 1.54) is 106 Å². The van der Waals surface area contributed by atoms with E-state index in [2.05, 4.69) is 62.3 Å². The van der Waals surface area contributed by atoms with Crippen LogP contribution in [0.25, 0.3) is 11.1 Å². The van der Waals surface area contributed by atoms with Gasteiger partial charge in [-0.2, -0.15) is 0 Å². The van der Waals surface area contributed by atoms with Gasteiger partial charge in [0.25, 0.3) is 0 Å². The molecule has 1 nitrogen and oxygen atoms in total. The van der Waals surface area contributed by atoms with Crippen LogP contribution < -0.4 is 0 Å². The van der Waals surface area contributed by atoms with Crippen LogP contribution in [0.4, 0.5) is 0 Å². The van der Waals surface area contributed by atoms with Crippen molar-refractivity contribution in [1.82, 2.24) is 4.98 Å². The molecule has 3 rings (SSSR count). The van der Waals surface area contributed by atoms with Crippen molar-refractivity contribution in [3.63, 3.8) is 0 Å². The van der Waals surface area contributed by atoms with Gasteiger partial charge in [0.05, 0.1) is 0 Å². The van der Waals surface area contributed by atoms with E-state index in [9.17, 15) is 0 Å². The van der Waals surface area contributed by atoms with Crippen LogP contribution in [0.15, 0.2) is 42.7 Å². The van der Waals surface area contributed by atoms with Crippen molar-refractivity contribution in [3.8, 4) is 11.1 Å². The number of nitrogens with zero attached hydrogens (tertiary/aromatic N) is 1. The third kappa shape index (κ3) is 6.93. The monoisotopic (exact) mass is 419 g/mol. The minimum absolute atomic E-state index is 0.591. The first kappa shape index (κ1) is 24.0. The van der Waals surface area contributed by atoms with Crippen molar-refractivity contribution < 1.29 is 0 Å². The molecule has 1 unspecified atom stereocenters. The Labute approximate surface area is 192 Å². The van der Waals surface area contributed by atoms with Crippen molar-refractivity contribution in [2.75, 3.05) is 0 Å². The van der Waals surface area contributed by atoms with E-state index in [1.54, 1.807) is 0 Å². The standard InChI is InChI=1S/C30H45N/c1-4-6-8-10-14-27-15-11-12-16-28(27)29-21-22-31-23-30(29)24(3)26-19-17-25(18-20-26)13-9-7-5-2/h11-12,15-16,21-26H,4-10,13-14,17-20H2,1-3H3. The molecule has 1 saturated carbocycles. The summed E-state index contributed by atoms with van der Waals surface area (Å²) in [6, 6.07) is 11.4. The number of aryl methyl sites for hydroxylation is 1. The molecule has 0 amide bonds. The van der Waals surface area contributed by atoms with Crippen LogP contribution >= 0.6 is 0 Å². The first-order valence-corrected chi connectivity index (χ1v) is 13.3. The van der Waals surface area contributed by atoms with Gasteiger partial charge >= 0.3 is 0 Å². The number of unbranched alkanes of at least 4 members (excludes halogenated alkanes) is 5. The van der Waals surface area contributed by atoms with E-state index in [1.807, 2.05) is 6.20 Å². The highest BCUT2D eigenvalue weighted by Gasteiger charge is 2.27. The van der Waals surface area contributed by atoms with Gasteiger partial charge in [0.1, 0.15) is 0 Å². The average Bonchev–Trinajstić information content (AvgIpc) is 2.82. The van der Waals surface area contributed by atoms with Crippen LogP contribution in [0.5, 0.6) is 0 Å². The van der Waals surface area contributed by atoms with Crippen molar-refractivity contribution in [3.05, 3.63) is 53.9 Å². The number of pyridine rings is 1. The molecule has 1 aliphatic rings. The van der Waals surface area contributed by atoms with E-state index < -0.39 is 0 Å². The number of aromatic nitrogens is 1. The zero-order valence-corrected chi connectivity index (χ0v) is 20.4. The Kier molecular flexibility index (Phi) is 10.1. The molecule has 0 saturated heterocycles. The molecule has 31 heavy (non-hydrogen) atoms. The summed E-state index contributed by atoms with van der Waals surface area (Å²) in [6.07, 6.45) is 21.9. The van der Waals surface area contributed by atoms with E-state index in [0.29, 0.717) is 5.92 Å². The van der Waals surface area contributed by atoms with Gasteiger partial charge in [-0.05, 0) is 71.8 Å². The summed E-state index contributed by atoms with van der Waals surface area (Å²) in [4.78, 5) is 4.57. The first-order valence-electron chi connectivity index (χ1n) is 13.3. The Morgan fingerprint density at radius 1 is 0.839 bits per heavy atom. The third-order valence-electron chi connectivity index (χ3n) is 7.76. The Bertz CT molecular complexity index is 757. The second-order valence-corrected chi connectivity index (χ2v) is 10.00. The molecule has 2 aromatic rings. The Balaban J connectivity index is 1.70. The second kappa shape index (κ2) is 13.0. The van der Waals surface area contributed by atoms with Gasteiger partial charge in [0.15, 0.2) is 0 Å². The molecular formula is C30H45N. The zero-order chi connectivity index (χ0) is 21.9. The van der Waals surface area contributed by atoms with Gasteiger partial charge in [-0.25, -0.2) is 0 Å². The van der Waals surface area contributed by atoms with Crippen LogP contribution in [0.2, 0.25) is 0 Å². The highest BCUT2D eigenvalue weighted by atomic mass is 14.6. The summed E-state index contributed by atoms with van der Waals surface area (Å²) in [5.74, 6) is 2.38. The van der Waals surface area contributed by atoms with Crippen molar-refractivity contribution >= 4 is 0 Å². The molecule has 0 radical (unpaired) electrons. The fraction of sp³-hybridized carbons (Fsp3) is 0.633. The summed E-state index contributed by atoms with van der Waals surface area (Å²) < 4.78 is 0. The minimum atomic E-state index is 0.591. The van der Waals surface area contributed by atoms with Gasteiger partial charge in [0.2, 0.25) is 0 Å². The molecular weight excluding hydrogens is 374 g/mol. The van der Waals surface area contributed by atoms with Crippen molar-refractivity contribution in [1.29, 1.82) is 0 Å². The highest BCUT2D eigenvalue weighted by molar-refractivity contribution is 5.71. The largest absolute Gasteiger partial charge is 0.264 e. The van der Waals surface area contributed by atoms with Gasteiger partial charge < -0.3 is 0 Å². The quantitative estimate of drug-likeness (QED) is 0.312. The van der Waals surface area contributed by atoms with Crippen LogP contribution in [0.1, 0.15) is 115 Å². The normalized spacial score (nSPS) is 20.0. The van der Waals surface area contributed by atoms with E-state index in [4.69, 9.17) is 0 Å².